The molecule has 0 radical (unpaired) electrons. The predicted octanol–water partition coefficient (Wildman–Crippen LogP) is 3.75. The van der Waals surface area contributed by atoms with Gasteiger partial charge < -0.3 is 10.1 Å². The Labute approximate surface area is 111 Å². The molecule has 96 valence electrons. The monoisotopic (exact) mass is 303 g/mol. The Morgan fingerprint density at radius 1 is 1.29 bits per heavy atom. The molecule has 4 heteroatoms. The summed E-state index contributed by atoms with van der Waals surface area (Å²) in [6, 6.07) is 4.73. The highest BCUT2D eigenvalue weighted by Gasteiger charge is 2.03. The van der Waals surface area contributed by atoms with Gasteiger partial charge in [0.05, 0.1) is 6.61 Å². The molecule has 0 atom stereocenters. The van der Waals surface area contributed by atoms with Crippen LogP contribution < -0.4 is 10.1 Å². The number of unbranched alkanes of at least 4 members (excludes halogenated alkanes) is 1. The van der Waals surface area contributed by atoms with E-state index in [9.17, 15) is 4.39 Å². The van der Waals surface area contributed by atoms with Crippen molar-refractivity contribution in [2.45, 2.75) is 26.2 Å². The van der Waals surface area contributed by atoms with Crippen molar-refractivity contribution >= 4 is 15.9 Å². The third kappa shape index (κ3) is 6.03. The first kappa shape index (κ1) is 14.5. The van der Waals surface area contributed by atoms with E-state index >= 15 is 0 Å². The molecule has 2 nitrogen and oxygen atoms in total. The Bertz CT molecular complexity index is 333. The molecule has 1 N–H and O–H groups in total. The maximum absolute atomic E-state index is 13.3. The van der Waals surface area contributed by atoms with E-state index in [-0.39, 0.29) is 5.82 Å². The van der Waals surface area contributed by atoms with Crippen LogP contribution >= 0.6 is 15.9 Å². The van der Waals surface area contributed by atoms with Gasteiger partial charge in [-0.05, 0) is 50.6 Å². The van der Waals surface area contributed by atoms with Crippen LogP contribution in [0, 0.1) is 5.82 Å². The van der Waals surface area contributed by atoms with Crippen LogP contribution in [0.1, 0.15) is 26.2 Å². The van der Waals surface area contributed by atoms with Crippen LogP contribution in [0.15, 0.2) is 22.7 Å². The number of halogens is 2. The summed E-state index contributed by atoms with van der Waals surface area (Å²) in [5.41, 5.74) is 0. The number of rotatable bonds is 8. The smallest absolute Gasteiger partial charge is 0.165 e. The minimum absolute atomic E-state index is 0.308. The third-order valence-electron chi connectivity index (χ3n) is 2.33. The van der Waals surface area contributed by atoms with E-state index in [2.05, 4.69) is 28.2 Å². The number of ether oxygens (including phenoxy) is 1. The van der Waals surface area contributed by atoms with Crippen molar-refractivity contribution in [3.63, 3.8) is 0 Å². The minimum atomic E-state index is -0.308. The van der Waals surface area contributed by atoms with E-state index in [0.29, 0.717) is 12.4 Å². The first-order valence-corrected chi connectivity index (χ1v) is 6.82. The molecule has 0 aliphatic carbocycles. The lowest BCUT2D eigenvalue weighted by molar-refractivity contribution is 0.291. The Morgan fingerprint density at radius 2 is 2.12 bits per heavy atom. The van der Waals surface area contributed by atoms with Gasteiger partial charge in [0.25, 0.3) is 0 Å². The standard InChI is InChI=1S/C13H19BrFNO/c1-2-7-16-8-3-4-9-17-13-10-11(14)5-6-12(13)15/h5-6,10,16H,2-4,7-9H2,1H3. The highest BCUT2D eigenvalue weighted by atomic mass is 79.9. The van der Waals surface area contributed by atoms with E-state index in [1.807, 2.05) is 0 Å². The molecule has 0 spiro atoms. The molecule has 0 unspecified atom stereocenters. The van der Waals surface area contributed by atoms with E-state index in [0.717, 1.165) is 36.8 Å². The zero-order valence-electron chi connectivity index (χ0n) is 10.1. The van der Waals surface area contributed by atoms with Gasteiger partial charge in [0.2, 0.25) is 0 Å². The number of hydrogen-bond acceptors (Lipinski definition) is 2. The first-order valence-electron chi connectivity index (χ1n) is 6.02. The lowest BCUT2D eigenvalue weighted by atomic mass is 10.3. The molecule has 0 aliphatic rings. The fraction of sp³-hybridized carbons (Fsp3) is 0.538. The van der Waals surface area contributed by atoms with Crippen LogP contribution in [0.4, 0.5) is 4.39 Å². The van der Waals surface area contributed by atoms with Gasteiger partial charge in [0.1, 0.15) is 0 Å². The molecule has 0 heterocycles. The lowest BCUT2D eigenvalue weighted by Crippen LogP contribution is -2.16. The molecule has 0 bridgehead atoms. The Hall–Kier alpha value is -0.610. The Kier molecular flexibility index (Phi) is 7.21. The first-order chi connectivity index (χ1) is 8.24. The van der Waals surface area contributed by atoms with Crippen LogP contribution in [0.25, 0.3) is 0 Å². The minimum Gasteiger partial charge on any atom is -0.490 e. The second-order valence-electron chi connectivity index (χ2n) is 3.88. The molecule has 1 aromatic rings. The summed E-state index contributed by atoms with van der Waals surface area (Å²) in [7, 11) is 0. The van der Waals surface area contributed by atoms with Crippen LogP contribution in [-0.2, 0) is 0 Å². The predicted molar refractivity (Wildman–Crippen MR) is 72.0 cm³/mol. The fourth-order valence-electron chi connectivity index (χ4n) is 1.42. The molecule has 1 aromatic carbocycles. The SMILES string of the molecule is CCCNCCCCOc1cc(Br)ccc1F. The van der Waals surface area contributed by atoms with E-state index in [4.69, 9.17) is 4.74 Å². The van der Waals surface area contributed by atoms with Crippen LogP contribution in [0.2, 0.25) is 0 Å². The molecule has 1 rings (SSSR count). The van der Waals surface area contributed by atoms with Crippen LogP contribution in [0.5, 0.6) is 5.75 Å². The van der Waals surface area contributed by atoms with Crippen molar-refractivity contribution in [3.05, 3.63) is 28.5 Å². The van der Waals surface area contributed by atoms with Gasteiger partial charge in [-0.1, -0.05) is 22.9 Å². The third-order valence-corrected chi connectivity index (χ3v) is 2.82. The van der Waals surface area contributed by atoms with Gasteiger partial charge in [0, 0.05) is 4.47 Å². The van der Waals surface area contributed by atoms with Gasteiger partial charge in [-0.3, -0.25) is 0 Å². The lowest BCUT2D eigenvalue weighted by Gasteiger charge is -2.07. The maximum atomic E-state index is 13.3. The zero-order chi connectivity index (χ0) is 12.5. The van der Waals surface area contributed by atoms with Crippen molar-refractivity contribution in [3.8, 4) is 5.75 Å². The topological polar surface area (TPSA) is 21.3 Å². The summed E-state index contributed by atoms with van der Waals surface area (Å²) in [4.78, 5) is 0. The normalized spacial score (nSPS) is 10.5. The van der Waals surface area contributed by atoms with Crippen molar-refractivity contribution < 1.29 is 9.13 Å². The Morgan fingerprint density at radius 3 is 2.88 bits per heavy atom. The molecule has 0 saturated carbocycles. The van der Waals surface area contributed by atoms with Gasteiger partial charge in [-0.25, -0.2) is 4.39 Å². The highest BCUT2D eigenvalue weighted by Crippen LogP contribution is 2.22. The van der Waals surface area contributed by atoms with E-state index in [1.54, 1.807) is 12.1 Å². The molecular formula is C13H19BrFNO. The van der Waals surface area contributed by atoms with Crippen molar-refractivity contribution in [1.29, 1.82) is 0 Å². The number of nitrogens with one attached hydrogen (secondary N) is 1. The van der Waals surface area contributed by atoms with Gasteiger partial charge >= 0.3 is 0 Å². The van der Waals surface area contributed by atoms with Crippen LogP contribution in [-0.4, -0.2) is 19.7 Å². The van der Waals surface area contributed by atoms with Crippen molar-refractivity contribution in [2.24, 2.45) is 0 Å². The largest absolute Gasteiger partial charge is 0.490 e. The molecular weight excluding hydrogens is 285 g/mol. The highest BCUT2D eigenvalue weighted by molar-refractivity contribution is 9.10. The second kappa shape index (κ2) is 8.48. The number of hydrogen-bond donors (Lipinski definition) is 1. The molecule has 0 amide bonds. The van der Waals surface area contributed by atoms with Gasteiger partial charge in [0.15, 0.2) is 11.6 Å². The summed E-state index contributed by atoms with van der Waals surface area (Å²) in [6.45, 7) is 4.76. The zero-order valence-corrected chi connectivity index (χ0v) is 11.7. The van der Waals surface area contributed by atoms with Crippen LogP contribution in [0.3, 0.4) is 0 Å². The average Bonchev–Trinajstić information content (AvgIpc) is 2.32. The summed E-state index contributed by atoms with van der Waals surface area (Å²) in [5, 5.41) is 3.32. The molecule has 0 fully saturated rings. The van der Waals surface area contributed by atoms with Gasteiger partial charge in [-0.2, -0.15) is 0 Å². The van der Waals surface area contributed by atoms with Crippen molar-refractivity contribution in [2.75, 3.05) is 19.7 Å². The molecule has 17 heavy (non-hydrogen) atoms. The fourth-order valence-corrected chi connectivity index (χ4v) is 1.76. The molecule has 0 aliphatic heterocycles. The van der Waals surface area contributed by atoms with E-state index in [1.165, 1.54) is 6.07 Å². The quantitative estimate of drug-likeness (QED) is 0.739. The van der Waals surface area contributed by atoms with Crippen molar-refractivity contribution in [1.82, 2.24) is 5.32 Å². The van der Waals surface area contributed by atoms with E-state index < -0.39 is 0 Å². The second-order valence-corrected chi connectivity index (χ2v) is 4.80. The van der Waals surface area contributed by atoms with Gasteiger partial charge in [-0.15, -0.1) is 0 Å². The molecule has 0 saturated heterocycles. The maximum Gasteiger partial charge on any atom is 0.165 e. The summed E-state index contributed by atoms with van der Waals surface area (Å²) in [5.74, 6) is 0.0122. The number of benzene rings is 1. The summed E-state index contributed by atoms with van der Waals surface area (Å²) < 4.78 is 19.5. The summed E-state index contributed by atoms with van der Waals surface area (Å²) in [6.07, 6.45) is 3.14. The molecule has 0 aromatic heterocycles. The average molecular weight is 304 g/mol. The Balaban J connectivity index is 2.15. The summed E-state index contributed by atoms with van der Waals surface area (Å²) >= 11 is 3.29.